The number of amides is 2. The maximum Gasteiger partial charge on any atom is 0.415 e. The number of nitrogens with zero attached hydrogens (tertiary/aromatic N) is 1. The molecule has 0 unspecified atom stereocenters. The average Bonchev–Trinajstić information content (AvgIpc) is 2.96. The molecule has 0 bridgehead atoms. The Morgan fingerprint density at radius 3 is 2.50 bits per heavy atom. The van der Waals surface area contributed by atoms with Crippen molar-refractivity contribution in [2.75, 3.05) is 30.0 Å². The zero-order valence-corrected chi connectivity index (χ0v) is 14.6. The lowest BCUT2D eigenvalue weighted by Gasteiger charge is -2.18. The highest BCUT2D eigenvalue weighted by Gasteiger charge is 2.37. The summed E-state index contributed by atoms with van der Waals surface area (Å²) in [6.07, 6.45) is -0.635. The number of benzene rings is 1. The molecular formula is C16H16F2N2O5S. The molecule has 0 spiro atoms. The van der Waals surface area contributed by atoms with Crippen LogP contribution in [0.15, 0.2) is 18.2 Å². The first-order valence-corrected chi connectivity index (χ1v) is 9.62. The number of carbonyl (C=O) groups excluding carboxylic acids is 2. The third-order valence-corrected chi connectivity index (χ3v) is 5.78. The van der Waals surface area contributed by atoms with Crippen LogP contribution in [0.3, 0.4) is 0 Å². The van der Waals surface area contributed by atoms with Gasteiger partial charge in [-0.1, -0.05) is 6.08 Å². The molecule has 1 saturated heterocycles. The molecule has 2 heterocycles. The van der Waals surface area contributed by atoms with E-state index in [0.29, 0.717) is 0 Å². The molecule has 7 nitrogen and oxygen atoms in total. The molecule has 2 aliphatic heterocycles. The van der Waals surface area contributed by atoms with Gasteiger partial charge < -0.3 is 10.1 Å². The molecule has 0 aromatic heterocycles. The fourth-order valence-corrected chi connectivity index (χ4v) is 4.05. The first-order valence-electron chi connectivity index (χ1n) is 7.80. The van der Waals surface area contributed by atoms with Crippen molar-refractivity contribution in [2.24, 2.45) is 0 Å². The van der Waals surface area contributed by atoms with E-state index in [-0.39, 0.29) is 41.3 Å². The zero-order valence-electron chi connectivity index (χ0n) is 13.8. The van der Waals surface area contributed by atoms with Crippen LogP contribution in [0.2, 0.25) is 0 Å². The number of hydrogen-bond acceptors (Lipinski definition) is 5. The largest absolute Gasteiger partial charge is 0.434 e. The van der Waals surface area contributed by atoms with E-state index in [4.69, 9.17) is 4.74 Å². The summed E-state index contributed by atoms with van der Waals surface area (Å²) >= 11 is 0. The molecule has 2 amide bonds. The lowest BCUT2D eigenvalue weighted by molar-refractivity contribution is -0.127. The summed E-state index contributed by atoms with van der Waals surface area (Å²) in [5.41, 5.74) is -0.114. The Morgan fingerprint density at radius 2 is 1.96 bits per heavy atom. The Hall–Kier alpha value is -2.49. The number of hydrogen-bond donors (Lipinski definition) is 1. The Bertz CT molecular complexity index is 890. The number of likely N-dealkylation sites (N-methyl/N-ethyl adjacent to an activating group) is 1. The van der Waals surface area contributed by atoms with Gasteiger partial charge in [-0.3, -0.25) is 9.69 Å². The van der Waals surface area contributed by atoms with Gasteiger partial charge in [0.25, 0.3) is 5.91 Å². The van der Waals surface area contributed by atoms with Crippen LogP contribution in [0, 0.1) is 11.6 Å². The van der Waals surface area contributed by atoms with Crippen molar-refractivity contribution in [1.29, 1.82) is 0 Å². The van der Waals surface area contributed by atoms with Gasteiger partial charge in [0.15, 0.2) is 15.9 Å². The average molecular weight is 386 g/mol. The molecular weight excluding hydrogens is 370 g/mol. The second-order valence-corrected chi connectivity index (χ2v) is 8.20. The van der Waals surface area contributed by atoms with Gasteiger partial charge in [-0.25, -0.2) is 22.0 Å². The van der Waals surface area contributed by atoms with Crippen LogP contribution in [0.5, 0.6) is 0 Å². The van der Waals surface area contributed by atoms with Gasteiger partial charge in [-0.15, -0.1) is 0 Å². The third-order valence-electron chi connectivity index (χ3n) is 4.28. The Morgan fingerprint density at radius 1 is 1.31 bits per heavy atom. The van der Waals surface area contributed by atoms with E-state index in [9.17, 15) is 26.8 Å². The minimum Gasteiger partial charge on any atom is -0.434 e. The number of carbonyl (C=O) groups is 2. The molecule has 1 fully saturated rings. The summed E-state index contributed by atoms with van der Waals surface area (Å²) in [5.74, 6) is -2.79. The van der Waals surface area contributed by atoms with Crippen LogP contribution >= 0.6 is 0 Å². The zero-order chi connectivity index (χ0) is 19.1. The van der Waals surface area contributed by atoms with Crippen LogP contribution in [0.25, 0.3) is 5.57 Å². The summed E-state index contributed by atoms with van der Waals surface area (Å²) in [4.78, 5) is 24.4. The number of allylic oxidation sites excluding steroid dienone is 1. The Kier molecular flexibility index (Phi) is 4.70. The second-order valence-electron chi connectivity index (χ2n) is 5.98. The molecule has 1 atom stereocenters. The van der Waals surface area contributed by atoms with E-state index in [2.05, 4.69) is 5.32 Å². The molecule has 10 heteroatoms. The molecule has 1 aromatic rings. The fourth-order valence-electron chi connectivity index (χ4n) is 2.90. The van der Waals surface area contributed by atoms with Gasteiger partial charge in [-0.05, 0) is 24.1 Å². The summed E-state index contributed by atoms with van der Waals surface area (Å²) in [5, 5.41) is 2.33. The molecule has 1 aromatic carbocycles. The molecule has 26 heavy (non-hydrogen) atoms. The minimum absolute atomic E-state index is 0.0139. The SMILES string of the molecule is CNC(=O)[C@H]1CN(c2cc(F)c(C3=CCS(=O)(=O)CC3)c(F)c2)C(=O)O1. The third kappa shape index (κ3) is 3.41. The number of nitrogens with one attached hydrogen (secondary N) is 1. The van der Waals surface area contributed by atoms with Crippen molar-refractivity contribution >= 4 is 33.1 Å². The molecule has 3 rings (SSSR count). The maximum absolute atomic E-state index is 14.5. The number of ether oxygens (including phenoxy) is 1. The lowest BCUT2D eigenvalue weighted by Crippen LogP contribution is -2.35. The number of halogens is 2. The standard InChI is InChI=1S/C16H16F2N2O5S/c1-19-15(21)13-8-20(16(22)25-13)10-6-11(17)14(12(18)7-10)9-2-4-26(23,24)5-3-9/h2,6-7,13H,3-5,8H2,1H3,(H,19,21)/t13-/m1/s1. The lowest BCUT2D eigenvalue weighted by atomic mass is 10.0. The number of rotatable bonds is 3. The highest BCUT2D eigenvalue weighted by molar-refractivity contribution is 7.91. The molecule has 2 aliphatic rings. The highest BCUT2D eigenvalue weighted by atomic mass is 32.2. The van der Waals surface area contributed by atoms with E-state index in [1.807, 2.05) is 0 Å². The Labute approximate surface area is 148 Å². The summed E-state index contributed by atoms with van der Waals surface area (Å²) < 4.78 is 56.8. The van der Waals surface area contributed by atoms with Crippen LogP contribution in [0.4, 0.5) is 19.3 Å². The predicted molar refractivity (Wildman–Crippen MR) is 89.3 cm³/mol. The molecule has 1 N–H and O–H groups in total. The monoisotopic (exact) mass is 386 g/mol. The number of sulfone groups is 1. The van der Waals surface area contributed by atoms with Crippen molar-refractivity contribution in [3.05, 3.63) is 35.4 Å². The summed E-state index contributed by atoms with van der Waals surface area (Å²) in [7, 11) is -1.84. The number of cyclic esters (lactones) is 1. The Balaban J connectivity index is 1.90. The minimum atomic E-state index is -3.22. The van der Waals surface area contributed by atoms with Gasteiger partial charge in [0.2, 0.25) is 0 Å². The highest BCUT2D eigenvalue weighted by Crippen LogP contribution is 2.32. The van der Waals surface area contributed by atoms with Gasteiger partial charge >= 0.3 is 6.09 Å². The van der Waals surface area contributed by atoms with Crippen molar-refractivity contribution in [1.82, 2.24) is 5.32 Å². The first kappa shape index (κ1) is 18.3. The molecule has 0 saturated carbocycles. The maximum atomic E-state index is 14.5. The molecule has 0 radical (unpaired) electrons. The van der Waals surface area contributed by atoms with Crippen molar-refractivity contribution in [2.45, 2.75) is 12.5 Å². The van der Waals surface area contributed by atoms with Crippen molar-refractivity contribution < 1.29 is 31.5 Å². The van der Waals surface area contributed by atoms with Gasteiger partial charge in [0.05, 0.1) is 23.7 Å². The summed E-state index contributed by atoms with van der Waals surface area (Å²) in [6, 6.07) is 1.94. The van der Waals surface area contributed by atoms with E-state index in [1.54, 1.807) is 0 Å². The quantitative estimate of drug-likeness (QED) is 0.844. The van der Waals surface area contributed by atoms with E-state index >= 15 is 0 Å². The van der Waals surface area contributed by atoms with E-state index in [0.717, 1.165) is 17.0 Å². The first-order chi connectivity index (χ1) is 12.2. The smallest absolute Gasteiger partial charge is 0.415 e. The van der Waals surface area contributed by atoms with Gasteiger partial charge in [0.1, 0.15) is 11.6 Å². The van der Waals surface area contributed by atoms with Crippen LogP contribution in [-0.2, 0) is 19.4 Å². The van der Waals surface area contributed by atoms with Crippen LogP contribution in [-0.4, -0.2) is 51.6 Å². The predicted octanol–water partition coefficient (Wildman–Crippen LogP) is 1.24. The summed E-state index contributed by atoms with van der Waals surface area (Å²) in [6.45, 7) is -0.169. The second kappa shape index (κ2) is 6.67. The van der Waals surface area contributed by atoms with Crippen molar-refractivity contribution in [3.63, 3.8) is 0 Å². The van der Waals surface area contributed by atoms with Crippen LogP contribution < -0.4 is 10.2 Å². The van der Waals surface area contributed by atoms with E-state index in [1.165, 1.54) is 13.1 Å². The topological polar surface area (TPSA) is 92.8 Å². The normalized spacial score (nSPS) is 22.0. The van der Waals surface area contributed by atoms with Gasteiger partial charge in [0, 0.05) is 12.6 Å². The molecule has 140 valence electrons. The fraction of sp³-hybridized carbons (Fsp3) is 0.375. The number of anilines is 1. The van der Waals surface area contributed by atoms with E-state index < -0.39 is 39.6 Å². The van der Waals surface area contributed by atoms with Crippen LogP contribution in [0.1, 0.15) is 12.0 Å². The molecule has 0 aliphatic carbocycles. The van der Waals surface area contributed by atoms with Crippen molar-refractivity contribution in [3.8, 4) is 0 Å². The van der Waals surface area contributed by atoms with Gasteiger partial charge in [-0.2, -0.15) is 0 Å².